The second-order valence-corrected chi connectivity index (χ2v) is 8.50. The summed E-state index contributed by atoms with van der Waals surface area (Å²) in [7, 11) is -4.94. The minimum atomic E-state index is -4.94. The van der Waals surface area contributed by atoms with Gasteiger partial charge in [-0.15, -0.1) is 10.2 Å². The average molecular weight is 621 g/mol. The van der Waals surface area contributed by atoms with E-state index < -0.39 is 15.3 Å². The normalized spacial score (nSPS) is 10.2. The van der Waals surface area contributed by atoms with Gasteiger partial charge in [0.05, 0.1) is 22.2 Å². The van der Waals surface area contributed by atoms with E-state index in [1.54, 1.807) is 0 Å². The number of aromatic nitrogens is 3. The molecule has 0 unspecified atom stereocenters. The van der Waals surface area contributed by atoms with E-state index in [9.17, 15) is 0 Å². The minimum Gasteiger partial charge on any atom is -0.366 e. The van der Waals surface area contributed by atoms with Gasteiger partial charge in [0.2, 0.25) is 0 Å². The molecule has 0 aliphatic heterocycles. The van der Waals surface area contributed by atoms with Crippen LogP contribution in [0.2, 0.25) is 0 Å². The van der Waals surface area contributed by atoms with Crippen LogP contribution in [0.1, 0.15) is 22.6 Å². The van der Waals surface area contributed by atoms with Crippen molar-refractivity contribution in [3.8, 4) is 0 Å². The quantitative estimate of drug-likeness (QED) is 0.145. The zero-order valence-electron chi connectivity index (χ0n) is 20.8. The molecule has 0 bridgehead atoms. The Labute approximate surface area is 243 Å². The fraction of sp³-hybridized carbons (Fsp3) is 0.160. The maximum Gasteiger partial charge on any atom is 2.00 e. The molecular weight excluding hydrogens is 595 g/mol. The smallest absolute Gasteiger partial charge is 0.366 e. The van der Waals surface area contributed by atoms with Crippen LogP contribution in [0.5, 0.6) is 0 Å². The Morgan fingerprint density at radius 1 is 0.700 bits per heavy atom. The predicted molar refractivity (Wildman–Crippen MR) is 130 cm³/mol. The van der Waals surface area contributed by atoms with Gasteiger partial charge in [0.15, 0.2) is 0 Å². The van der Waals surface area contributed by atoms with Crippen LogP contribution >= 0.6 is 0 Å². The van der Waals surface area contributed by atoms with Gasteiger partial charge in [-0.05, 0) is 42.0 Å². The monoisotopic (exact) mass is 619 g/mol. The van der Waals surface area contributed by atoms with Gasteiger partial charge >= 0.3 is 17.1 Å². The van der Waals surface area contributed by atoms with Crippen molar-refractivity contribution in [3.63, 3.8) is 0 Å². The Bertz CT molecular complexity index is 1190. The van der Waals surface area contributed by atoms with Crippen molar-refractivity contribution in [1.29, 1.82) is 0 Å². The van der Waals surface area contributed by atoms with Crippen LogP contribution in [-0.2, 0) is 43.2 Å². The minimum absolute atomic E-state index is 0. The van der Waals surface area contributed by atoms with Crippen molar-refractivity contribution in [2.75, 3.05) is 5.32 Å². The summed E-state index contributed by atoms with van der Waals surface area (Å²) in [4.78, 5) is 24.4. The standard InChI is InChI=1S/C25H25N5.ClHO4.Cu.NO3/c1-2-9-21(10-3-1)17-28-25-14-8-13-24(29-25)20-30(18-22-11-4-6-15-26-22)19-23-12-5-7-16-27-23;2-1(3,4)5;;2-1(3)4/h1-16H,17-20H2,(H,28,29);(H,2,3,4,5);;/q;;+2;-1/p-1. The number of nitrogens with zero attached hydrogens (tertiary/aromatic N) is 5. The van der Waals surface area contributed by atoms with E-state index in [0.717, 1.165) is 42.5 Å². The fourth-order valence-electron chi connectivity index (χ4n) is 3.29. The summed E-state index contributed by atoms with van der Waals surface area (Å²) in [5.41, 5.74) is 4.31. The van der Waals surface area contributed by atoms with Crippen LogP contribution in [0.3, 0.4) is 0 Å². The molecule has 13 nitrogen and oxygen atoms in total. The molecule has 0 saturated heterocycles. The third-order valence-corrected chi connectivity index (χ3v) is 4.73. The van der Waals surface area contributed by atoms with E-state index in [2.05, 4.69) is 56.6 Å². The first-order chi connectivity index (χ1) is 18.6. The van der Waals surface area contributed by atoms with Crippen LogP contribution in [0, 0.1) is 25.6 Å². The molecule has 15 heteroatoms. The summed E-state index contributed by atoms with van der Waals surface area (Å²) in [6, 6.07) is 28.5. The molecule has 4 aromatic rings. The van der Waals surface area contributed by atoms with Crippen molar-refractivity contribution in [1.82, 2.24) is 19.9 Å². The molecule has 0 fully saturated rings. The van der Waals surface area contributed by atoms with E-state index >= 15 is 0 Å². The van der Waals surface area contributed by atoms with Crippen molar-refractivity contribution >= 4 is 5.82 Å². The van der Waals surface area contributed by atoms with Gasteiger partial charge in [-0.2, -0.15) is 0 Å². The molecule has 3 heterocycles. The molecule has 1 aromatic carbocycles. The summed E-state index contributed by atoms with van der Waals surface area (Å²) >= 11 is 0. The number of hydrogen-bond donors (Lipinski definition) is 1. The molecule has 1 N–H and O–H groups in total. The largest absolute Gasteiger partial charge is 2.00 e. The topological polar surface area (TPSA) is 212 Å². The summed E-state index contributed by atoms with van der Waals surface area (Å²) in [5.74, 6) is 0.881. The number of benzene rings is 1. The zero-order chi connectivity index (χ0) is 28.5. The fourth-order valence-corrected chi connectivity index (χ4v) is 3.29. The van der Waals surface area contributed by atoms with Gasteiger partial charge in [-0.3, -0.25) is 14.9 Å². The van der Waals surface area contributed by atoms with Crippen molar-refractivity contribution < 1.29 is 51.0 Å². The maximum atomic E-state index is 8.49. The second-order valence-electron chi connectivity index (χ2n) is 7.74. The van der Waals surface area contributed by atoms with Crippen LogP contribution in [0.15, 0.2) is 97.3 Å². The molecule has 215 valence electrons. The van der Waals surface area contributed by atoms with Crippen LogP contribution < -0.4 is 24.0 Å². The molecule has 0 saturated carbocycles. The van der Waals surface area contributed by atoms with Gasteiger partial charge in [-0.25, -0.2) is 23.6 Å². The summed E-state index contributed by atoms with van der Waals surface area (Å²) in [6.45, 7) is 2.94. The van der Waals surface area contributed by atoms with Gasteiger partial charge in [0.1, 0.15) is 5.82 Å². The molecule has 0 aliphatic carbocycles. The second kappa shape index (κ2) is 18.5. The molecule has 0 aliphatic rings. The number of pyridine rings is 3. The molecule has 1 radical (unpaired) electrons. The SMILES string of the molecule is O=[N+]([O-])[O-].[Cu+2].[O-][Cl+3]([O-])([O-])[O-].c1ccc(CNc2cccc(CN(Cc3ccccn3)Cc3ccccn3)n2)cc1. The van der Waals surface area contributed by atoms with Crippen LogP contribution in [0.25, 0.3) is 0 Å². The summed E-state index contributed by atoms with van der Waals surface area (Å²) in [5, 5.41) is 18.2. The first-order valence-corrected chi connectivity index (χ1v) is 12.5. The summed E-state index contributed by atoms with van der Waals surface area (Å²) < 4.78 is 34.0. The third kappa shape index (κ3) is 17.0. The maximum absolute atomic E-state index is 8.49. The Balaban J connectivity index is 0.000000700. The third-order valence-electron chi connectivity index (χ3n) is 4.73. The Kier molecular flexibility index (Phi) is 15.9. The van der Waals surface area contributed by atoms with E-state index in [1.165, 1.54) is 5.56 Å². The summed E-state index contributed by atoms with van der Waals surface area (Å²) in [6.07, 6.45) is 3.67. The number of hydrogen-bond acceptors (Lipinski definition) is 12. The van der Waals surface area contributed by atoms with Crippen molar-refractivity contribution in [3.05, 3.63) is 135 Å². The predicted octanol–water partition coefficient (Wildman–Crippen LogP) is -0.311. The van der Waals surface area contributed by atoms with E-state index in [1.807, 2.05) is 60.9 Å². The number of rotatable bonds is 9. The van der Waals surface area contributed by atoms with Crippen LogP contribution in [0.4, 0.5) is 5.82 Å². The van der Waals surface area contributed by atoms with E-state index in [0.29, 0.717) is 6.54 Å². The Morgan fingerprint density at radius 2 is 1.15 bits per heavy atom. The van der Waals surface area contributed by atoms with Gasteiger partial charge in [0, 0.05) is 38.6 Å². The number of anilines is 1. The van der Waals surface area contributed by atoms with Gasteiger partial charge in [-0.1, -0.05) is 48.5 Å². The number of halogens is 1. The first-order valence-electron chi connectivity index (χ1n) is 11.3. The van der Waals surface area contributed by atoms with E-state index in [4.69, 9.17) is 38.9 Å². The van der Waals surface area contributed by atoms with Crippen molar-refractivity contribution in [2.45, 2.75) is 26.2 Å². The molecule has 4 rings (SSSR count). The first kappa shape index (κ1) is 34.3. The molecule has 3 aromatic heterocycles. The Hall–Kier alpha value is -3.72. The van der Waals surface area contributed by atoms with Crippen LogP contribution in [-0.4, -0.2) is 24.9 Å². The average Bonchev–Trinajstić information content (AvgIpc) is 2.88. The van der Waals surface area contributed by atoms with Gasteiger partial charge < -0.3 is 20.6 Å². The van der Waals surface area contributed by atoms with E-state index in [-0.39, 0.29) is 17.1 Å². The molecule has 0 amide bonds. The zero-order valence-corrected chi connectivity index (χ0v) is 22.5. The Morgan fingerprint density at radius 3 is 1.62 bits per heavy atom. The molecule has 0 atom stereocenters. The molecule has 0 spiro atoms. The molecule has 40 heavy (non-hydrogen) atoms. The van der Waals surface area contributed by atoms with Gasteiger partial charge in [0.25, 0.3) is 0 Å². The number of nitrogens with one attached hydrogen (secondary N) is 1. The van der Waals surface area contributed by atoms with Crippen molar-refractivity contribution in [2.24, 2.45) is 0 Å². The molecular formula is C25H25ClCuN6O7.